The lowest BCUT2D eigenvalue weighted by Crippen LogP contribution is -2.11. The number of rotatable bonds is 3. The van der Waals surface area contributed by atoms with Crippen molar-refractivity contribution in [2.75, 3.05) is 5.32 Å². The van der Waals surface area contributed by atoms with Crippen LogP contribution in [0.15, 0.2) is 89.9 Å². The molecule has 6 heteroatoms. The number of nitrogens with zero attached hydrogens (tertiary/aromatic N) is 3. The van der Waals surface area contributed by atoms with Gasteiger partial charge in [0.2, 0.25) is 4.80 Å². The first-order valence-electron chi connectivity index (χ1n) is 8.83. The normalized spacial score (nSPS) is 11.4. The molecule has 3 aromatic carbocycles. The molecule has 0 unspecified atom stereocenters. The minimum absolute atomic E-state index is 0.385. The largest absolute Gasteiger partial charge is 0.331 e. The Morgan fingerprint density at radius 2 is 1.57 bits per heavy atom. The number of aryl methyl sites for hydroxylation is 1. The van der Waals surface area contributed by atoms with Crippen LogP contribution in [-0.4, -0.2) is 14.1 Å². The molecule has 1 heterocycles. The average Bonchev–Trinajstić information content (AvgIpc) is 3.13. The van der Waals surface area contributed by atoms with Crippen LogP contribution in [0, 0.1) is 6.92 Å². The van der Waals surface area contributed by atoms with Crippen molar-refractivity contribution >= 4 is 34.6 Å². The molecule has 138 valence electrons. The van der Waals surface area contributed by atoms with E-state index in [1.54, 1.807) is 0 Å². The third-order valence-electron chi connectivity index (χ3n) is 4.09. The fourth-order valence-corrected chi connectivity index (χ4v) is 3.86. The summed E-state index contributed by atoms with van der Waals surface area (Å²) in [4.78, 5) is 9.86. The van der Waals surface area contributed by atoms with Gasteiger partial charge in [-0.1, -0.05) is 66.2 Å². The third kappa shape index (κ3) is 4.24. The second kappa shape index (κ2) is 8.29. The predicted octanol–water partition coefficient (Wildman–Crippen LogP) is 5.21. The zero-order valence-electron chi connectivity index (χ0n) is 15.2. The molecule has 1 aromatic heterocycles. The van der Waals surface area contributed by atoms with Gasteiger partial charge in [0.25, 0.3) is 0 Å². The highest BCUT2D eigenvalue weighted by atomic mass is 32.1. The van der Waals surface area contributed by atoms with Crippen molar-refractivity contribution in [2.45, 2.75) is 6.92 Å². The summed E-state index contributed by atoms with van der Waals surface area (Å²) in [5, 5.41) is 3.51. The summed E-state index contributed by atoms with van der Waals surface area (Å²) in [5.74, 6) is 0.843. The molecule has 0 amide bonds. The van der Waals surface area contributed by atoms with Crippen LogP contribution in [0.4, 0.5) is 5.69 Å². The number of nitrogens with one attached hydrogen (secondary N) is 1. The summed E-state index contributed by atoms with van der Waals surface area (Å²) in [5.41, 5.74) is 4.20. The SMILES string of the molecule is Cc1ccc(-n2s/c(=N\C(=S)Nc3ccccc3)nc2-c2ccccc2)cc1. The highest BCUT2D eigenvalue weighted by molar-refractivity contribution is 7.80. The monoisotopic (exact) mass is 402 g/mol. The Balaban J connectivity index is 1.74. The minimum atomic E-state index is 0.385. The molecule has 0 saturated heterocycles. The van der Waals surface area contributed by atoms with Crippen molar-refractivity contribution in [2.24, 2.45) is 4.99 Å². The Labute approximate surface area is 173 Å². The van der Waals surface area contributed by atoms with Crippen LogP contribution in [0.3, 0.4) is 0 Å². The van der Waals surface area contributed by atoms with E-state index in [0.717, 1.165) is 22.8 Å². The van der Waals surface area contributed by atoms with Gasteiger partial charge in [-0.2, -0.15) is 9.98 Å². The van der Waals surface area contributed by atoms with Gasteiger partial charge in [0.15, 0.2) is 10.9 Å². The molecule has 0 aliphatic carbocycles. The van der Waals surface area contributed by atoms with Gasteiger partial charge in [0.05, 0.1) is 5.69 Å². The van der Waals surface area contributed by atoms with E-state index in [1.165, 1.54) is 17.1 Å². The predicted molar refractivity (Wildman–Crippen MR) is 120 cm³/mol. The van der Waals surface area contributed by atoms with Crippen molar-refractivity contribution in [3.63, 3.8) is 0 Å². The van der Waals surface area contributed by atoms with Crippen LogP contribution >= 0.6 is 23.8 Å². The fraction of sp³-hybridized carbons (Fsp3) is 0.0455. The quantitative estimate of drug-likeness (QED) is 0.479. The standard InChI is InChI=1S/C22H18N4S2/c1-16-12-14-19(15-13-16)26-20(17-8-4-2-5-9-17)24-22(28-26)25-21(27)23-18-10-6-3-7-11-18/h2-15H,1H3,(H,23,27)/b25-22-. The Hall–Kier alpha value is -3.09. The fourth-order valence-electron chi connectivity index (χ4n) is 2.71. The summed E-state index contributed by atoms with van der Waals surface area (Å²) < 4.78 is 2.08. The Bertz CT molecular complexity index is 1140. The lowest BCUT2D eigenvalue weighted by atomic mass is 10.2. The van der Waals surface area contributed by atoms with E-state index >= 15 is 0 Å². The van der Waals surface area contributed by atoms with Gasteiger partial charge in [-0.3, -0.25) is 0 Å². The second-order valence-corrected chi connectivity index (χ2v) is 7.51. The lowest BCUT2D eigenvalue weighted by molar-refractivity contribution is 1.13. The summed E-state index contributed by atoms with van der Waals surface area (Å²) >= 11 is 6.86. The number of hydrogen-bond acceptors (Lipinski definition) is 3. The highest BCUT2D eigenvalue weighted by Crippen LogP contribution is 2.22. The van der Waals surface area contributed by atoms with Gasteiger partial charge in [-0.05, 0) is 54.9 Å². The molecule has 0 fully saturated rings. The van der Waals surface area contributed by atoms with Gasteiger partial charge in [-0.15, -0.1) is 0 Å². The molecule has 0 bridgehead atoms. The van der Waals surface area contributed by atoms with Gasteiger partial charge < -0.3 is 5.32 Å². The third-order valence-corrected chi connectivity index (χ3v) is 5.20. The van der Waals surface area contributed by atoms with Gasteiger partial charge >= 0.3 is 0 Å². The molecule has 0 saturated carbocycles. The van der Waals surface area contributed by atoms with Crippen LogP contribution in [0.5, 0.6) is 0 Å². The number of aromatic nitrogens is 2. The molecule has 4 aromatic rings. The molecule has 4 nitrogen and oxygen atoms in total. The van der Waals surface area contributed by atoms with Gasteiger partial charge in [0, 0.05) is 11.3 Å². The van der Waals surface area contributed by atoms with Crippen LogP contribution in [0.1, 0.15) is 5.56 Å². The van der Waals surface area contributed by atoms with Crippen molar-refractivity contribution in [1.82, 2.24) is 8.94 Å². The number of para-hydroxylation sites is 1. The molecule has 0 spiro atoms. The molecule has 0 aliphatic rings. The van der Waals surface area contributed by atoms with E-state index < -0.39 is 0 Å². The van der Waals surface area contributed by atoms with E-state index in [2.05, 4.69) is 45.5 Å². The first-order chi connectivity index (χ1) is 13.7. The van der Waals surface area contributed by atoms with Crippen LogP contribution in [0.2, 0.25) is 0 Å². The van der Waals surface area contributed by atoms with E-state index in [9.17, 15) is 0 Å². The van der Waals surface area contributed by atoms with E-state index in [-0.39, 0.29) is 0 Å². The van der Waals surface area contributed by atoms with E-state index in [4.69, 9.17) is 17.2 Å². The molecule has 1 N–H and O–H groups in total. The average molecular weight is 403 g/mol. The number of benzene rings is 3. The first kappa shape index (κ1) is 18.3. The van der Waals surface area contributed by atoms with Gasteiger partial charge in [-0.25, -0.2) is 3.96 Å². The van der Waals surface area contributed by atoms with E-state index in [0.29, 0.717) is 9.91 Å². The maximum absolute atomic E-state index is 5.40. The molecule has 0 atom stereocenters. The van der Waals surface area contributed by atoms with E-state index in [1.807, 2.05) is 60.7 Å². The smallest absolute Gasteiger partial charge is 0.230 e. The van der Waals surface area contributed by atoms with Crippen molar-refractivity contribution < 1.29 is 0 Å². The molecular weight excluding hydrogens is 384 g/mol. The first-order valence-corrected chi connectivity index (χ1v) is 10.0. The topological polar surface area (TPSA) is 42.2 Å². The highest BCUT2D eigenvalue weighted by Gasteiger charge is 2.11. The molecule has 0 aliphatic heterocycles. The lowest BCUT2D eigenvalue weighted by Gasteiger charge is -2.06. The van der Waals surface area contributed by atoms with Crippen molar-refractivity contribution in [3.8, 4) is 17.1 Å². The molecule has 28 heavy (non-hydrogen) atoms. The maximum atomic E-state index is 5.40. The van der Waals surface area contributed by atoms with Crippen LogP contribution in [-0.2, 0) is 0 Å². The summed E-state index contributed by atoms with van der Waals surface area (Å²) in [6.45, 7) is 2.08. The second-order valence-electron chi connectivity index (χ2n) is 6.21. The zero-order chi connectivity index (χ0) is 19.3. The maximum Gasteiger partial charge on any atom is 0.230 e. The Morgan fingerprint density at radius 3 is 2.25 bits per heavy atom. The van der Waals surface area contributed by atoms with Crippen molar-refractivity contribution in [1.29, 1.82) is 0 Å². The van der Waals surface area contributed by atoms with Crippen molar-refractivity contribution in [3.05, 3.63) is 95.3 Å². The zero-order valence-corrected chi connectivity index (χ0v) is 16.9. The Morgan fingerprint density at radius 1 is 0.929 bits per heavy atom. The van der Waals surface area contributed by atoms with Crippen LogP contribution in [0.25, 0.3) is 17.1 Å². The molecule has 4 rings (SSSR count). The summed E-state index contributed by atoms with van der Waals surface area (Å²) in [7, 11) is 0. The molecular formula is C22H18N4S2. The number of hydrogen-bond donors (Lipinski definition) is 1. The number of thiocarbonyl (C=S) groups is 1. The summed E-state index contributed by atoms with van der Waals surface area (Å²) in [6.07, 6.45) is 0. The molecule has 0 radical (unpaired) electrons. The Kier molecular flexibility index (Phi) is 5.41. The number of anilines is 1. The summed E-state index contributed by atoms with van der Waals surface area (Å²) in [6, 6.07) is 28.2. The van der Waals surface area contributed by atoms with Crippen LogP contribution < -0.4 is 10.1 Å². The minimum Gasteiger partial charge on any atom is -0.331 e. The van der Waals surface area contributed by atoms with Gasteiger partial charge in [0.1, 0.15) is 0 Å².